The van der Waals surface area contributed by atoms with E-state index in [9.17, 15) is 4.79 Å². The van der Waals surface area contributed by atoms with Crippen molar-refractivity contribution >= 4 is 46.4 Å². The minimum Gasteiger partial charge on any atom is -0.323 e. The van der Waals surface area contributed by atoms with Crippen LogP contribution in [0.5, 0.6) is 0 Å². The number of nitrogens with one attached hydrogen (secondary N) is 2. The molecule has 3 rings (SSSR count). The number of carbonyl (C=O) groups excluding carboxylic acids is 1. The fraction of sp³-hybridized carbons (Fsp3) is 0.105. The number of halogens is 2. The lowest BCUT2D eigenvalue weighted by molar-refractivity contribution is 0.102. The zero-order valence-corrected chi connectivity index (χ0v) is 15.7. The summed E-state index contributed by atoms with van der Waals surface area (Å²) < 4.78 is 0. The maximum absolute atomic E-state index is 12.5. The van der Waals surface area contributed by atoms with Gasteiger partial charge in [0.2, 0.25) is 5.95 Å². The second-order valence-electron chi connectivity index (χ2n) is 5.79. The monoisotopic (exact) mass is 386 g/mol. The summed E-state index contributed by atoms with van der Waals surface area (Å²) in [6, 6.07) is 14.2. The van der Waals surface area contributed by atoms with E-state index in [1.807, 2.05) is 31.2 Å². The van der Waals surface area contributed by atoms with Crippen molar-refractivity contribution in [2.75, 3.05) is 10.6 Å². The van der Waals surface area contributed by atoms with Gasteiger partial charge in [-0.25, -0.2) is 9.97 Å². The van der Waals surface area contributed by atoms with Crippen LogP contribution in [0.4, 0.5) is 17.3 Å². The van der Waals surface area contributed by atoms with Crippen LogP contribution in [0.25, 0.3) is 0 Å². The molecule has 1 amide bonds. The Balaban J connectivity index is 1.85. The van der Waals surface area contributed by atoms with Gasteiger partial charge in [0.25, 0.3) is 5.91 Å². The zero-order valence-electron chi connectivity index (χ0n) is 14.2. The maximum atomic E-state index is 12.5. The Kier molecular flexibility index (Phi) is 5.40. The average molecular weight is 387 g/mol. The highest BCUT2D eigenvalue weighted by molar-refractivity contribution is 6.35. The molecule has 1 heterocycles. The lowest BCUT2D eigenvalue weighted by Gasteiger charge is -2.10. The van der Waals surface area contributed by atoms with Crippen molar-refractivity contribution < 1.29 is 4.79 Å². The second-order valence-corrected chi connectivity index (χ2v) is 6.63. The number of carbonyl (C=O) groups is 1. The number of hydrogen-bond acceptors (Lipinski definition) is 4. The summed E-state index contributed by atoms with van der Waals surface area (Å²) in [7, 11) is 0. The van der Waals surface area contributed by atoms with Gasteiger partial charge >= 0.3 is 0 Å². The molecule has 1 aromatic heterocycles. The number of nitrogens with zero attached hydrogens (tertiary/aromatic N) is 2. The molecule has 0 unspecified atom stereocenters. The molecule has 0 saturated heterocycles. The van der Waals surface area contributed by atoms with Crippen molar-refractivity contribution in [3.63, 3.8) is 0 Å². The molecule has 2 N–H and O–H groups in total. The third-order valence-corrected chi connectivity index (χ3v) is 4.10. The van der Waals surface area contributed by atoms with E-state index in [1.54, 1.807) is 31.2 Å². The smallest absolute Gasteiger partial charge is 0.274 e. The van der Waals surface area contributed by atoms with Crippen LogP contribution in [0.1, 0.15) is 21.7 Å². The first-order valence-electron chi connectivity index (χ1n) is 7.86. The number of aromatic nitrogens is 2. The van der Waals surface area contributed by atoms with E-state index in [0.29, 0.717) is 27.1 Å². The van der Waals surface area contributed by atoms with E-state index in [0.717, 1.165) is 5.56 Å². The first-order valence-corrected chi connectivity index (χ1v) is 8.62. The van der Waals surface area contributed by atoms with Gasteiger partial charge in [-0.2, -0.15) is 0 Å². The highest BCUT2D eigenvalue weighted by Crippen LogP contribution is 2.27. The predicted octanol–water partition coefficient (Wildman–Crippen LogP) is 5.40. The predicted molar refractivity (Wildman–Crippen MR) is 106 cm³/mol. The van der Waals surface area contributed by atoms with Crippen LogP contribution in [0.3, 0.4) is 0 Å². The molecular weight excluding hydrogens is 371 g/mol. The van der Waals surface area contributed by atoms with Gasteiger partial charge in [0, 0.05) is 16.4 Å². The summed E-state index contributed by atoms with van der Waals surface area (Å²) in [6.45, 7) is 3.75. The van der Waals surface area contributed by atoms with E-state index >= 15 is 0 Å². The van der Waals surface area contributed by atoms with Crippen LogP contribution in [0.2, 0.25) is 10.0 Å². The molecule has 26 heavy (non-hydrogen) atoms. The van der Waals surface area contributed by atoms with Crippen LogP contribution in [-0.2, 0) is 0 Å². The topological polar surface area (TPSA) is 66.9 Å². The van der Waals surface area contributed by atoms with Crippen LogP contribution < -0.4 is 10.6 Å². The van der Waals surface area contributed by atoms with Crippen molar-refractivity contribution in [2.45, 2.75) is 13.8 Å². The van der Waals surface area contributed by atoms with Gasteiger partial charge in [0.1, 0.15) is 5.69 Å². The van der Waals surface area contributed by atoms with Crippen molar-refractivity contribution in [3.8, 4) is 0 Å². The molecule has 0 bridgehead atoms. The van der Waals surface area contributed by atoms with E-state index in [-0.39, 0.29) is 17.5 Å². The minimum atomic E-state index is -0.318. The summed E-state index contributed by atoms with van der Waals surface area (Å²) in [5.74, 6) is -0.0510. The number of anilines is 3. The summed E-state index contributed by atoms with van der Waals surface area (Å²) >= 11 is 12.1. The third-order valence-electron chi connectivity index (χ3n) is 3.54. The molecule has 5 nitrogen and oxygen atoms in total. The van der Waals surface area contributed by atoms with E-state index in [4.69, 9.17) is 23.2 Å². The Labute approximate surface area is 161 Å². The standard InChI is InChI=1S/C19H16Cl2N4O/c1-11-4-3-5-14(8-11)23-18(26)17-9-12(2)22-19(25-17)24-16-10-13(20)6-7-15(16)21/h3-10H,1-2H3,(H,23,26)(H,22,24,25). The maximum Gasteiger partial charge on any atom is 0.274 e. The quantitative estimate of drug-likeness (QED) is 0.629. The molecule has 2 aromatic carbocycles. The van der Waals surface area contributed by atoms with Crippen molar-refractivity contribution in [3.05, 3.63) is 75.5 Å². The molecule has 0 saturated carbocycles. The largest absolute Gasteiger partial charge is 0.323 e. The van der Waals surface area contributed by atoms with Gasteiger partial charge in [0.05, 0.1) is 10.7 Å². The molecule has 0 aliphatic carbocycles. The van der Waals surface area contributed by atoms with Gasteiger partial charge in [-0.05, 0) is 55.8 Å². The van der Waals surface area contributed by atoms with Gasteiger partial charge in [-0.1, -0.05) is 35.3 Å². The van der Waals surface area contributed by atoms with Crippen molar-refractivity contribution in [1.29, 1.82) is 0 Å². The number of amides is 1. The minimum absolute atomic E-state index is 0.250. The van der Waals surface area contributed by atoms with Gasteiger partial charge in [-0.3, -0.25) is 4.79 Å². The van der Waals surface area contributed by atoms with E-state index < -0.39 is 0 Å². The highest BCUT2D eigenvalue weighted by Gasteiger charge is 2.12. The average Bonchev–Trinajstić information content (AvgIpc) is 2.57. The Hall–Kier alpha value is -2.63. The number of hydrogen-bond donors (Lipinski definition) is 2. The zero-order chi connectivity index (χ0) is 18.7. The van der Waals surface area contributed by atoms with Crippen LogP contribution >= 0.6 is 23.2 Å². The summed E-state index contributed by atoms with van der Waals surface area (Å²) in [4.78, 5) is 21.1. The number of aryl methyl sites for hydroxylation is 2. The molecule has 0 aliphatic heterocycles. The third kappa shape index (κ3) is 4.50. The first-order chi connectivity index (χ1) is 12.4. The normalized spacial score (nSPS) is 10.5. The molecule has 0 spiro atoms. The lowest BCUT2D eigenvalue weighted by atomic mass is 10.2. The van der Waals surface area contributed by atoms with E-state index in [2.05, 4.69) is 20.6 Å². The number of benzene rings is 2. The second kappa shape index (κ2) is 7.72. The van der Waals surface area contributed by atoms with Crippen molar-refractivity contribution in [2.24, 2.45) is 0 Å². The van der Waals surface area contributed by atoms with Gasteiger partial charge in [-0.15, -0.1) is 0 Å². The molecular formula is C19H16Cl2N4O. The Bertz CT molecular complexity index is 976. The molecule has 0 atom stereocenters. The molecule has 3 aromatic rings. The summed E-state index contributed by atoms with van der Waals surface area (Å²) in [6.07, 6.45) is 0. The molecule has 7 heteroatoms. The highest BCUT2D eigenvalue weighted by atomic mass is 35.5. The molecule has 132 valence electrons. The fourth-order valence-corrected chi connectivity index (χ4v) is 2.71. The Morgan fingerprint density at radius 1 is 1.00 bits per heavy atom. The van der Waals surface area contributed by atoms with Crippen LogP contribution in [0.15, 0.2) is 48.5 Å². The molecule has 0 radical (unpaired) electrons. The Morgan fingerprint density at radius 3 is 2.58 bits per heavy atom. The summed E-state index contributed by atoms with van der Waals surface area (Å²) in [5, 5.41) is 6.84. The Morgan fingerprint density at radius 2 is 1.81 bits per heavy atom. The molecule has 0 aliphatic rings. The van der Waals surface area contributed by atoms with Gasteiger partial charge < -0.3 is 10.6 Å². The van der Waals surface area contributed by atoms with Crippen LogP contribution in [0, 0.1) is 13.8 Å². The van der Waals surface area contributed by atoms with Crippen molar-refractivity contribution in [1.82, 2.24) is 9.97 Å². The molecule has 0 fully saturated rings. The van der Waals surface area contributed by atoms with Crippen LogP contribution in [-0.4, -0.2) is 15.9 Å². The van der Waals surface area contributed by atoms with Gasteiger partial charge in [0.15, 0.2) is 0 Å². The summed E-state index contributed by atoms with van der Waals surface area (Å²) in [5.41, 5.74) is 3.22. The fourth-order valence-electron chi connectivity index (χ4n) is 2.37. The first kappa shape index (κ1) is 18.2. The number of rotatable bonds is 4. The SMILES string of the molecule is Cc1cccc(NC(=O)c2cc(C)nc(Nc3cc(Cl)ccc3Cl)n2)c1. The van der Waals surface area contributed by atoms with E-state index in [1.165, 1.54) is 0 Å². The lowest BCUT2D eigenvalue weighted by Crippen LogP contribution is -2.15.